The fourth-order valence-corrected chi connectivity index (χ4v) is 2.60. The molecule has 2 aromatic heterocycles. The summed E-state index contributed by atoms with van der Waals surface area (Å²) in [5, 5.41) is 13.3. The molecule has 106 valence electrons. The fraction of sp³-hybridized carbons (Fsp3) is 0.214. The summed E-state index contributed by atoms with van der Waals surface area (Å²) >= 11 is 5.97. The molecule has 0 aliphatic heterocycles. The van der Waals surface area contributed by atoms with E-state index < -0.39 is 5.82 Å². The Morgan fingerprint density at radius 2 is 2.19 bits per heavy atom. The lowest BCUT2D eigenvalue weighted by Crippen LogP contribution is -2.05. The van der Waals surface area contributed by atoms with E-state index >= 15 is 0 Å². The van der Waals surface area contributed by atoms with Crippen molar-refractivity contribution in [2.75, 3.05) is 0 Å². The van der Waals surface area contributed by atoms with E-state index in [-0.39, 0.29) is 11.4 Å². The Kier molecular flexibility index (Phi) is 3.15. The third-order valence-electron chi connectivity index (χ3n) is 3.32. The second-order valence-corrected chi connectivity index (χ2v) is 4.92. The van der Waals surface area contributed by atoms with Crippen LogP contribution < -0.4 is 0 Å². The Morgan fingerprint density at radius 1 is 1.43 bits per heavy atom. The Labute approximate surface area is 125 Å². The normalized spacial score (nSPS) is 11.0. The van der Waals surface area contributed by atoms with Gasteiger partial charge in [-0.1, -0.05) is 0 Å². The molecule has 5 nitrogen and oxygen atoms in total. The van der Waals surface area contributed by atoms with Crippen LogP contribution in [0.15, 0.2) is 18.2 Å². The standard InChI is InChI=1S/C14H11ClFN5/c1-8-13-14(20(2)19-8)21(12(6-15)18-13)10-3-4-11(16)9(5-10)7-17/h3-5H,6H2,1-2H3. The van der Waals surface area contributed by atoms with E-state index in [0.29, 0.717) is 11.5 Å². The molecule has 0 fully saturated rings. The van der Waals surface area contributed by atoms with Gasteiger partial charge < -0.3 is 0 Å². The number of hydrogen-bond donors (Lipinski definition) is 0. The van der Waals surface area contributed by atoms with E-state index in [2.05, 4.69) is 10.1 Å². The van der Waals surface area contributed by atoms with Gasteiger partial charge in [-0.05, 0) is 25.1 Å². The summed E-state index contributed by atoms with van der Waals surface area (Å²) in [5.74, 6) is 0.275. The van der Waals surface area contributed by atoms with E-state index in [1.807, 2.05) is 13.0 Å². The lowest BCUT2D eigenvalue weighted by molar-refractivity contribution is 0.623. The maximum atomic E-state index is 13.5. The summed E-state index contributed by atoms with van der Waals surface area (Å²) in [6.07, 6.45) is 0. The number of aromatic nitrogens is 4. The van der Waals surface area contributed by atoms with E-state index in [1.165, 1.54) is 12.1 Å². The molecule has 0 aliphatic carbocycles. The third-order valence-corrected chi connectivity index (χ3v) is 3.56. The Balaban J connectivity index is 2.36. The number of benzene rings is 1. The fourth-order valence-electron chi connectivity index (χ4n) is 2.42. The number of halogens is 2. The van der Waals surface area contributed by atoms with Gasteiger partial charge >= 0.3 is 0 Å². The number of alkyl halides is 1. The van der Waals surface area contributed by atoms with E-state index in [9.17, 15) is 4.39 Å². The smallest absolute Gasteiger partial charge is 0.163 e. The zero-order valence-corrected chi connectivity index (χ0v) is 12.2. The monoisotopic (exact) mass is 303 g/mol. The molecule has 0 spiro atoms. The minimum absolute atomic E-state index is 0.0197. The van der Waals surface area contributed by atoms with Gasteiger partial charge in [0, 0.05) is 7.05 Å². The van der Waals surface area contributed by atoms with E-state index in [1.54, 1.807) is 22.4 Å². The van der Waals surface area contributed by atoms with E-state index in [4.69, 9.17) is 16.9 Å². The summed E-state index contributed by atoms with van der Waals surface area (Å²) in [6, 6.07) is 6.18. The first-order valence-electron chi connectivity index (χ1n) is 6.23. The number of hydrogen-bond acceptors (Lipinski definition) is 3. The quantitative estimate of drug-likeness (QED) is 0.684. The highest BCUT2D eigenvalue weighted by Gasteiger charge is 2.18. The maximum absolute atomic E-state index is 13.5. The predicted octanol–water partition coefficient (Wildman–Crippen LogP) is 2.82. The Bertz CT molecular complexity index is 887. The van der Waals surface area contributed by atoms with Gasteiger partial charge in [-0.25, -0.2) is 14.1 Å². The summed E-state index contributed by atoms with van der Waals surface area (Å²) in [5.41, 5.74) is 2.91. The average molecular weight is 304 g/mol. The molecule has 0 saturated heterocycles. The second kappa shape index (κ2) is 4.86. The minimum atomic E-state index is -0.550. The number of nitriles is 1. The molecule has 0 unspecified atom stereocenters. The van der Waals surface area contributed by atoms with Crippen LogP contribution in [0.1, 0.15) is 17.1 Å². The molecule has 0 amide bonds. The molecule has 3 rings (SSSR count). The van der Waals surface area contributed by atoms with Crippen molar-refractivity contribution in [3.8, 4) is 11.8 Å². The first kappa shape index (κ1) is 13.6. The highest BCUT2D eigenvalue weighted by Crippen LogP contribution is 2.25. The van der Waals surface area contributed by atoms with Gasteiger partial charge in [0.1, 0.15) is 23.2 Å². The van der Waals surface area contributed by atoms with Gasteiger partial charge in [-0.15, -0.1) is 11.6 Å². The van der Waals surface area contributed by atoms with Crippen LogP contribution in [0.3, 0.4) is 0 Å². The average Bonchev–Trinajstić information content (AvgIpc) is 2.98. The van der Waals surface area contributed by atoms with Crippen molar-refractivity contribution in [3.63, 3.8) is 0 Å². The van der Waals surface area contributed by atoms with Crippen LogP contribution in [0.4, 0.5) is 4.39 Å². The summed E-state index contributed by atoms with van der Waals surface area (Å²) in [6.45, 7) is 1.86. The van der Waals surface area contributed by atoms with Crippen LogP contribution >= 0.6 is 11.6 Å². The van der Waals surface area contributed by atoms with Crippen LogP contribution in [0, 0.1) is 24.1 Å². The van der Waals surface area contributed by atoms with Crippen molar-refractivity contribution >= 4 is 22.8 Å². The van der Waals surface area contributed by atoms with Crippen molar-refractivity contribution in [2.24, 2.45) is 7.05 Å². The van der Waals surface area contributed by atoms with Crippen LogP contribution in [-0.2, 0) is 12.9 Å². The van der Waals surface area contributed by atoms with Crippen LogP contribution in [0.25, 0.3) is 16.9 Å². The topological polar surface area (TPSA) is 59.4 Å². The molecular formula is C14H11ClFN5. The Hall–Kier alpha value is -2.39. The number of imidazole rings is 1. The van der Waals surface area contributed by atoms with Crippen LogP contribution in [-0.4, -0.2) is 19.3 Å². The minimum Gasteiger partial charge on any atom is -0.280 e. The van der Waals surface area contributed by atoms with Crippen LogP contribution in [0.5, 0.6) is 0 Å². The van der Waals surface area contributed by atoms with Gasteiger partial charge in [0.05, 0.1) is 22.8 Å². The molecule has 0 bridgehead atoms. The summed E-state index contributed by atoms with van der Waals surface area (Å²) < 4.78 is 17.0. The number of aryl methyl sites for hydroxylation is 2. The third kappa shape index (κ3) is 1.98. The molecule has 0 N–H and O–H groups in total. The molecule has 21 heavy (non-hydrogen) atoms. The molecule has 0 aliphatic rings. The number of rotatable bonds is 2. The molecule has 2 heterocycles. The highest BCUT2D eigenvalue weighted by molar-refractivity contribution is 6.17. The van der Waals surface area contributed by atoms with Crippen LogP contribution in [0.2, 0.25) is 0 Å². The molecular weight excluding hydrogens is 293 g/mol. The molecule has 0 radical (unpaired) electrons. The Morgan fingerprint density at radius 3 is 2.86 bits per heavy atom. The molecule has 7 heteroatoms. The second-order valence-electron chi connectivity index (χ2n) is 4.65. The van der Waals surface area contributed by atoms with Gasteiger partial charge in [0.2, 0.25) is 0 Å². The molecule has 0 saturated carbocycles. The van der Waals surface area contributed by atoms with Crippen molar-refractivity contribution in [1.29, 1.82) is 5.26 Å². The van der Waals surface area contributed by atoms with Gasteiger partial charge in [-0.2, -0.15) is 10.4 Å². The first-order valence-corrected chi connectivity index (χ1v) is 6.77. The van der Waals surface area contributed by atoms with Crippen molar-refractivity contribution in [2.45, 2.75) is 12.8 Å². The molecule has 3 aromatic rings. The highest BCUT2D eigenvalue weighted by atomic mass is 35.5. The zero-order chi connectivity index (χ0) is 15.1. The predicted molar refractivity (Wildman–Crippen MR) is 76.8 cm³/mol. The number of nitrogens with zero attached hydrogens (tertiary/aromatic N) is 5. The summed E-state index contributed by atoms with van der Waals surface area (Å²) in [7, 11) is 1.81. The summed E-state index contributed by atoms with van der Waals surface area (Å²) in [4.78, 5) is 4.48. The maximum Gasteiger partial charge on any atom is 0.163 e. The van der Waals surface area contributed by atoms with Crippen molar-refractivity contribution < 1.29 is 4.39 Å². The largest absolute Gasteiger partial charge is 0.280 e. The van der Waals surface area contributed by atoms with Gasteiger partial charge in [0.15, 0.2) is 5.65 Å². The van der Waals surface area contributed by atoms with Crippen molar-refractivity contribution in [3.05, 3.63) is 41.1 Å². The van der Waals surface area contributed by atoms with E-state index in [0.717, 1.165) is 16.9 Å². The van der Waals surface area contributed by atoms with Gasteiger partial charge in [0.25, 0.3) is 0 Å². The molecule has 0 atom stereocenters. The lowest BCUT2D eigenvalue weighted by Gasteiger charge is -2.09. The first-order chi connectivity index (χ1) is 10.1. The molecule has 1 aromatic carbocycles. The number of fused-ring (bicyclic) bond motifs is 1. The zero-order valence-electron chi connectivity index (χ0n) is 11.4. The van der Waals surface area contributed by atoms with Crippen molar-refractivity contribution in [1.82, 2.24) is 19.3 Å². The van der Waals surface area contributed by atoms with Gasteiger partial charge in [-0.3, -0.25) is 4.57 Å². The SMILES string of the molecule is Cc1nn(C)c2c1nc(CCl)n2-c1ccc(F)c(C#N)c1. The lowest BCUT2D eigenvalue weighted by atomic mass is 10.2.